The number of hydrogen-bond acceptors (Lipinski definition) is 2. The van der Waals surface area contributed by atoms with Gasteiger partial charge in [-0.05, 0) is 62.1 Å². The topological polar surface area (TPSA) is 15.3 Å². The zero-order chi connectivity index (χ0) is 19.1. The highest BCUT2D eigenvalue weighted by molar-refractivity contribution is 5.84. The largest absolute Gasteiger partial charge is 0.381 e. The van der Waals surface area contributed by atoms with E-state index in [1.165, 1.54) is 24.2 Å². The number of rotatable bonds is 8. The number of nitrogens with zero attached hydrogens (tertiary/aromatic N) is 1. The monoisotopic (exact) mass is 358 g/mol. The predicted octanol–water partition coefficient (Wildman–Crippen LogP) is 7.39. The molecule has 0 radical (unpaired) electrons. The summed E-state index contributed by atoms with van der Waals surface area (Å²) >= 11 is 0. The van der Waals surface area contributed by atoms with Gasteiger partial charge in [0.25, 0.3) is 0 Å². The van der Waals surface area contributed by atoms with Crippen LogP contribution in [0.1, 0.15) is 33.6 Å². The summed E-state index contributed by atoms with van der Waals surface area (Å²) in [5, 5.41) is 3.74. The summed E-state index contributed by atoms with van der Waals surface area (Å²) in [4.78, 5) is 2.32. The summed E-state index contributed by atoms with van der Waals surface area (Å²) < 4.78 is 0. The molecule has 140 valence electrons. The standard InChI is InChI=1S/C25H30N2/c1-20(2)18-19-21(3)26-24-16-10-11-17-25(24)27(22-12-6-4-7-13-22)23-14-8-5-9-15-23/h4-17,20-21,26H,18-19H2,1-3H3. The van der Waals surface area contributed by atoms with Gasteiger partial charge in [0.05, 0.1) is 11.4 Å². The molecule has 1 unspecified atom stereocenters. The van der Waals surface area contributed by atoms with E-state index in [1.54, 1.807) is 0 Å². The average Bonchev–Trinajstić information content (AvgIpc) is 2.70. The van der Waals surface area contributed by atoms with Crippen molar-refractivity contribution in [2.24, 2.45) is 5.92 Å². The number of para-hydroxylation sites is 4. The smallest absolute Gasteiger partial charge is 0.0693 e. The van der Waals surface area contributed by atoms with Crippen molar-refractivity contribution < 1.29 is 0 Å². The Bertz CT molecular complexity index is 772. The van der Waals surface area contributed by atoms with Crippen molar-refractivity contribution in [3.05, 3.63) is 84.9 Å². The molecule has 3 aromatic carbocycles. The average molecular weight is 359 g/mol. The molecule has 2 heteroatoms. The van der Waals surface area contributed by atoms with E-state index in [9.17, 15) is 0 Å². The van der Waals surface area contributed by atoms with Crippen LogP contribution in [0.3, 0.4) is 0 Å². The first kappa shape index (κ1) is 19.0. The highest BCUT2D eigenvalue weighted by Crippen LogP contribution is 2.38. The molecular formula is C25H30N2. The molecule has 0 aliphatic carbocycles. The quantitative estimate of drug-likeness (QED) is 0.451. The molecule has 3 rings (SSSR count). The van der Waals surface area contributed by atoms with Crippen LogP contribution in [0.2, 0.25) is 0 Å². The lowest BCUT2D eigenvalue weighted by molar-refractivity contribution is 0.528. The van der Waals surface area contributed by atoms with Crippen LogP contribution in [0.25, 0.3) is 0 Å². The zero-order valence-corrected chi connectivity index (χ0v) is 16.6. The van der Waals surface area contributed by atoms with Crippen LogP contribution in [0, 0.1) is 5.92 Å². The first-order valence-corrected chi connectivity index (χ1v) is 9.91. The Labute approximate surface area is 163 Å². The van der Waals surface area contributed by atoms with E-state index < -0.39 is 0 Å². The second-order valence-corrected chi connectivity index (χ2v) is 7.54. The van der Waals surface area contributed by atoms with Gasteiger partial charge in [-0.2, -0.15) is 0 Å². The third-order valence-electron chi connectivity index (χ3n) is 4.75. The molecular weight excluding hydrogens is 328 g/mol. The lowest BCUT2D eigenvalue weighted by atomic mass is 10.0. The molecule has 1 N–H and O–H groups in total. The fourth-order valence-electron chi connectivity index (χ4n) is 3.29. The number of hydrogen-bond donors (Lipinski definition) is 1. The van der Waals surface area contributed by atoms with Crippen molar-refractivity contribution in [2.75, 3.05) is 10.2 Å². The molecule has 27 heavy (non-hydrogen) atoms. The molecule has 0 fully saturated rings. The fraction of sp³-hybridized carbons (Fsp3) is 0.280. The summed E-state index contributed by atoms with van der Waals surface area (Å²) in [6, 6.07) is 30.1. The number of benzene rings is 3. The van der Waals surface area contributed by atoms with Crippen LogP contribution in [-0.4, -0.2) is 6.04 Å². The lowest BCUT2D eigenvalue weighted by Crippen LogP contribution is -2.19. The summed E-state index contributed by atoms with van der Waals surface area (Å²) in [7, 11) is 0. The minimum absolute atomic E-state index is 0.432. The summed E-state index contributed by atoms with van der Waals surface area (Å²) in [6.45, 7) is 6.84. The molecule has 0 saturated heterocycles. The normalized spacial score (nSPS) is 12.0. The Morgan fingerprint density at radius 2 is 1.19 bits per heavy atom. The van der Waals surface area contributed by atoms with Crippen LogP contribution < -0.4 is 10.2 Å². The van der Waals surface area contributed by atoms with E-state index in [4.69, 9.17) is 0 Å². The summed E-state index contributed by atoms with van der Waals surface area (Å²) in [5.41, 5.74) is 4.66. The van der Waals surface area contributed by atoms with Crippen LogP contribution in [0.15, 0.2) is 84.9 Å². The van der Waals surface area contributed by atoms with Gasteiger partial charge in [-0.25, -0.2) is 0 Å². The Morgan fingerprint density at radius 1 is 0.667 bits per heavy atom. The molecule has 0 aliphatic rings. The predicted molar refractivity (Wildman–Crippen MR) is 118 cm³/mol. The molecule has 0 aliphatic heterocycles. The molecule has 0 saturated carbocycles. The van der Waals surface area contributed by atoms with Gasteiger partial charge in [-0.1, -0.05) is 62.4 Å². The van der Waals surface area contributed by atoms with Gasteiger partial charge < -0.3 is 10.2 Å². The fourth-order valence-corrected chi connectivity index (χ4v) is 3.29. The molecule has 3 aromatic rings. The summed E-state index contributed by atoms with van der Waals surface area (Å²) in [5.74, 6) is 0.731. The van der Waals surface area contributed by atoms with Crippen molar-refractivity contribution in [2.45, 2.75) is 39.7 Å². The first-order valence-electron chi connectivity index (χ1n) is 9.91. The van der Waals surface area contributed by atoms with Crippen LogP contribution in [-0.2, 0) is 0 Å². The van der Waals surface area contributed by atoms with Crippen LogP contribution in [0.5, 0.6) is 0 Å². The molecule has 1 atom stereocenters. The highest BCUT2D eigenvalue weighted by atomic mass is 15.2. The molecule has 0 amide bonds. The van der Waals surface area contributed by atoms with E-state index in [0.29, 0.717) is 6.04 Å². The second-order valence-electron chi connectivity index (χ2n) is 7.54. The van der Waals surface area contributed by atoms with Gasteiger partial charge >= 0.3 is 0 Å². The Hall–Kier alpha value is -2.74. The van der Waals surface area contributed by atoms with Crippen molar-refractivity contribution in [1.82, 2.24) is 0 Å². The van der Waals surface area contributed by atoms with Gasteiger partial charge in [0, 0.05) is 17.4 Å². The van der Waals surface area contributed by atoms with Crippen LogP contribution in [0.4, 0.5) is 22.7 Å². The minimum Gasteiger partial charge on any atom is -0.381 e. The Balaban J connectivity index is 1.96. The third-order valence-corrected chi connectivity index (χ3v) is 4.75. The molecule has 0 aromatic heterocycles. The minimum atomic E-state index is 0.432. The first-order chi connectivity index (χ1) is 13.1. The summed E-state index contributed by atoms with van der Waals surface area (Å²) in [6.07, 6.45) is 2.40. The van der Waals surface area contributed by atoms with Crippen LogP contribution >= 0.6 is 0 Å². The van der Waals surface area contributed by atoms with Crippen molar-refractivity contribution in [1.29, 1.82) is 0 Å². The van der Waals surface area contributed by atoms with Crippen molar-refractivity contribution in [3.63, 3.8) is 0 Å². The zero-order valence-electron chi connectivity index (χ0n) is 16.6. The number of nitrogens with one attached hydrogen (secondary N) is 1. The highest BCUT2D eigenvalue weighted by Gasteiger charge is 2.16. The van der Waals surface area contributed by atoms with Gasteiger partial charge in [-0.15, -0.1) is 0 Å². The molecule has 0 spiro atoms. The van der Waals surface area contributed by atoms with Crippen molar-refractivity contribution in [3.8, 4) is 0 Å². The van der Waals surface area contributed by atoms with E-state index in [2.05, 4.69) is 116 Å². The van der Waals surface area contributed by atoms with E-state index >= 15 is 0 Å². The SMILES string of the molecule is CC(C)CCC(C)Nc1ccccc1N(c1ccccc1)c1ccccc1. The third kappa shape index (κ3) is 5.13. The van der Waals surface area contributed by atoms with Gasteiger partial charge in [0.15, 0.2) is 0 Å². The number of anilines is 4. The maximum Gasteiger partial charge on any atom is 0.0693 e. The maximum absolute atomic E-state index is 3.74. The molecule has 0 heterocycles. The Kier molecular flexibility index (Phi) is 6.54. The molecule has 2 nitrogen and oxygen atoms in total. The van der Waals surface area contributed by atoms with Gasteiger partial charge in [0.1, 0.15) is 0 Å². The van der Waals surface area contributed by atoms with Gasteiger partial charge in [-0.3, -0.25) is 0 Å². The van der Waals surface area contributed by atoms with E-state index in [1.807, 2.05) is 0 Å². The maximum atomic E-state index is 3.74. The van der Waals surface area contributed by atoms with Crippen molar-refractivity contribution >= 4 is 22.7 Å². The lowest BCUT2D eigenvalue weighted by Gasteiger charge is -2.29. The molecule has 0 bridgehead atoms. The Morgan fingerprint density at radius 3 is 1.74 bits per heavy atom. The van der Waals surface area contributed by atoms with Gasteiger partial charge in [0.2, 0.25) is 0 Å². The van der Waals surface area contributed by atoms with E-state index in [-0.39, 0.29) is 0 Å². The second kappa shape index (κ2) is 9.27. The van der Waals surface area contributed by atoms with E-state index in [0.717, 1.165) is 17.3 Å².